The Kier molecular flexibility index (Phi) is 5.09. The molecule has 0 radical (unpaired) electrons. The number of hydrogen-bond donors (Lipinski definition) is 2. The third kappa shape index (κ3) is 3.62. The van der Waals surface area contributed by atoms with E-state index in [-0.39, 0.29) is 11.4 Å². The molecule has 6 nitrogen and oxygen atoms in total. The second-order valence-electron chi connectivity index (χ2n) is 6.15. The Morgan fingerprint density at radius 2 is 1.72 bits per heavy atom. The molecule has 0 unspecified atom stereocenters. The van der Waals surface area contributed by atoms with E-state index in [1.165, 1.54) is 11.8 Å². The van der Waals surface area contributed by atoms with Crippen molar-refractivity contribution < 1.29 is 0 Å². The van der Waals surface area contributed by atoms with Gasteiger partial charge in [0.1, 0.15) is 34.4 Å². The number of nitrogens with zero attached hydrogens (tertiary/aromatic N) is 4. The van der Waals surface area contributed by atoms with Crippen LogP contribution in [0.2, 0.25) is 5.02 Å². The van der Waals surface area contributed by atoms with Crippen molar-refractivity contribution in [3.8, 4) is 23.3 Å². The Balaban J connectivity index is 1.76. The molecule has 0 aliphatic rings. The van der Waals surface area contributed by atoms with Crippen LogP contribution in [0.15, 0.2) is 53.6 Å². The minimum absolute atomic E-state index is 0.0866. The lowest BCUT2D eigenvalue weighted by Crippen LogP contribution is -2.03. The molecule has 0 aliphatic heterocycles. The van der Waals surface area contributed by atoms with E-state index in [0.717, 1.165) is 16.9 Å². The van der Waals surface area contributed by atoms with Crippen LogP contribution in [-0.4, -0.2) is 15.0 Å². The summed E-state index contributed by atoms with van der Waals surface area (Å²) in [6.45, 7) is 0. The number of aromatic amines is 1. The van der Waals surface area contributed by atoms with Crippen LogP contribution in [0.5, 0.6) is 0 Å². The molecule has 8 heteroatoms. The number of nitrogens with one attached hydrogen (secondary N) is 1. The van der Waals surface area contributed by atoms with Gasteiger partial charge >= 0.3 is 0 Å². The Labute approximate surface area is 176 Å². The normalized spacial score (nSPS) is 10.6. The number of hydrogen-bond acceptors (Lipinski definition) is 6. The minimum atomic E-state index is 0.0866. The number of aromatic nitrogens is 3. The maximum Gasteiger partial charge on any atom is 0.143 e. The number of para-hydroxylation sites is 2. The van der Waals surface area contributed by atoms with Gasteiger partial charge in [0.2, 0.25) is 0 Å². The Hall–Kier alpha value is -3.52. The van der Waals surface area contributed by atoms with E-state index < -0.39 is 0 Å². The van der Waals surface area contributed by atoms with Gasteiger partial charge in [-0.05, 0) is 29.8 Å². The first-order valence-electron chi connectivity index (χ1n) is 8.56. The average Bonchev–Trinajstić information content (AvgIpc) is 3.15. The van der Waals surface area contributed by atoms with E-state index in [0.29, 0.717) is 32.5 Å². The highest BCUT2D eigenvalue weighted by Crippen LogP contribution is 2.36. The predicted octanol–water partition coefficient (Wildman–Crippen LogP) is 4.90. The van der Waals surface area contributed by atoms with Gasteiger partial charge < -0.3 is 10.7 Å². The topological polar surface area (TPSA) is 115 Å². The molecule has 29 heavy (non-hydrogen) atoms. The van der Waals surface area contributed by atoms with Gasteiger partial charge in [-0.2, -0.15) is 10.5 Å². The number of benzene rings is 2. The third-order valence-corrected chi connectivity index (χ3v) is 5.57. The summed E-state index contributed by atoms with van der Waals surface area (Å²) in [7, 11) is 0. The van der Waals surface area contributed by atoms with Crippen LogP contribution in [0.3, 0.4) is 0 Å². The maximum atomic E-state index is 9.83. The maximum absolute atomic E-state index is 9.83. The summed E-state index contributed by atoms with van der Waals surface area (Å²) in [5, 5.41) is 20.4. The van der Waals surface area contributed by atoms with Gasteiger partial charge in [0.15, 0.2) is 0 Å². The van der Waals surface area contributed by atoms with Gasteiger partial charge in [-0.25, -0.2) is 9.97 Å². The summed E-state index contributed by atoms with van der Waals surface area (Å²) in [4.78, 5) is 12.1. The fourth-order valence-electron chi connectivity index (χ4n) is 3.02. The highest BCUT2D eigenvalue weighted by Gasteiger charge is 2.20. The summed E-state index contributed by atoms with van der Waals surface area (Å²) >= 11 is 7.32. The van der Waals surface area contributed by atoms with Crippen LogP contribution in [-0.2, 0) is 5.75 Å². The molecular formula is C21H13ClN6S. The number of H-pyrrole nitrogens is 1. The zero-order valence-electron chi connectivity index (χ0n) is 15.0. The molecule has 0 spiro atoms. The van der Waals surface area contributed by atoms with Crippen molar-refractivity contribution in [1.82, 2.24) is 15.0 Å². The molecule has 2 aromatic carbocycles. The number of pyridine rings is 1. The number of nitriles is 2. The number of anilines is 1. The van der Waals surface area contributed by atoms with Crippen molar-refractivity contribution in [3.63, 3.8) is 0 Å². The molecule has 140 valence electrons. The first kappa shape index (κ1) is 18.8. The summed E-state index contributed by atoms with van der Waals surface area (Å²) < 4.78 is 0. The van der Waals surface area contributed by atoms with Crippen LogP contribution in [0, 0.1) is 22.7 Å². The van der Waals surface area contributed by atoms with Crippen molar-refractivity contribution in [1.29, 1.82) is 10.5 Å². The van der Waals surface area contributed by atoms with Gasteiger partial charge in [0.25, 0.3) is 0 Å². The lowest BCUT2D eigenvalue weighted by Gasteiger charge is -2.12. The fourth-order valence-corrected chi connectivity index (χ4v) is 4.01. The average molecular weight is 417 g/mol. The van der Waals surface area contributed by atoms with Crippen molar-refractivity contribution in [2.45, 2.75) is 10.8 Å². The van der Waals surface area contributed by atoms with E-state index in [4.69, 9.17) is 17.3 Å². The largest absolute Gasteiger partial charge is 0.383 e. The van der Waals surface area contributed by atoms with Gasteiger partial charge in [-0.15, -0.1) is 0 Å². The first-order valence-corrected chi connectivity index (χ1v) is 9.93. The molecule has 2 aromatic heterocycles. The number of rotatable bonds is 4. The Morgan fingerprint density at radius 1 is 1.00 bits per heavy atom. The van der Waals surface area contributed by atoms with E-state index in [1.54, 1.807) is 24.3 Å². The number of nitrogens with two attached hydrogens (primary N) is 1. The second-order valence-corrected chi connectivity index (χ2v) is 7.55. The van der Waals surface area contributed by atoms with Crippen LogP contribution >= 0.6 is 23.4 Å². The summed E-state index contributed by atoms with van der Waals surface area (Å²) in [6, 6.07) is 18.9. The molecule has 3 N–H and O–H groups in total. The second kappa shape index (κ2) is 7.84. The van der Waals surface area contributed by atoms with Crippen molar-refractivity contribution in [2.75, 3.05) is 5.73 Å². The lowest BCUT2D eigenvalue weighted by atomic mass is 9.97. The molecule has 0 atom stereocenters. The van der Waals surface area contributed by atoms with Gasteiger partial charge in [0.05, 0.1) is 22.3 Å². The molecule has 0 saturated carbocycles. The molecule has 0 amide bonds. The van der Waals surface area contributed by atoms with Crippen LogP contribution in [0.25, 0.3) is 22.2 Å². The van der Waals surface area contributed by atoms with Gasteiger partial charge in [-0.1, -0.05) is 47.6 Å². The monoisotopic (exact) mass is 416 g/mol. The molecular weight excluding hydrogens is 404 g/mol. The number of fused-ring (bicyclic) bond motifs is 1. The third-order valence-electron chi connectivity index (χ3n) is 4.33. The predicted molar refractivity (Wildman–Crippen MR) is 114 cm³/mol. The minimum Gasteiger partial charge on any atom is -0.383 e. The van der Waals surface area contributed by atoms with Gasteiger partial charge in [-0.3, -0.25) is 0 Å². The quantitative estimate of drug-likeness (QED) is 0.457. The van der Waals surface area contributed by atoms with E-state index >= 15 is 0 Å². The number of halogens is 1. The standard InChI is InChI=1S/C21H13ClN6S/c22-13-7-5-12(6-8-13)19-14(9-23)20(25)28-21(15(19)10-24)29-11-18-26-16-3-1-2-4-17(16)27-18/h1-8H,11H2,(H2,25,28)(H,26,27). The number of imidazole rings is 1. The van der Waals surface area contributed by atoms with Crippen LogP contribution in [0.4, 0.5) is 5.82 Å². The first-order chi connectivity index (χ1) is 14.1. The highest BCUT2D eigenvalue weighted by molar-refractivity contribution is 7.98. The highest BCUT2D eigenvalue weighted by atomic mass is 35.5. The van der Waals surface area contributed by atoms with Crippen molar-refractivity contribution in [3.05, 3.63) is 70.5 Å². The van der Waals surface area contributed by atoms with E-state index in [9.17, 15) is 10.5 Å². The zero-order chi connectivity index (χ0) is 20.4. The molecule has 0 saturated heterocycles. The summed E-state index contributed by atoms with van der Waals surface area (Å²) in [5.74, 6) is 1.32. The summed E-state index contributed by atoms with van der Waals surface area (Å²) in [6.07, 6.45) is 0. The van der Waals surface area contributed by atoms with E-state index in [2.05, 4.69) is 27.1 Å². The zero-order valence-corrected chi connectivity index (χ0v) is 16.6. The smallest absolute Gasteiger partial charge is 0.143 e. The Morgan fingerprint density at radius 3 is 2.41 bits per heavy atom. The summed E-state index contributed by atoms with van der Waals surface area (Å²) in [5.41, 5.74) is 9.49. The molecule has 4 rings (SSSR count). The van der Waals surface area contributed by atoms with E-state index in [1.807, 2.05) is 24.3 Å². The molecule has 0 aliphatic carbocycles. The van der Waals surface area contributed by atoms with Crippen molar-refractivity contribution >= 4 is 40.2 Å². The molecule has 0 bridgehead atoms. The number of thioether (sulfide) groups is 1. The Bertz CT molecular complexity index is 1260. The van der Waals surface area contributed by atoms with Crippen molar-refractivity contribution in [2.24, 2.45) is 0 Å². The lowest BCUT2D eigenvalue weighted by molar-refractivity contribution is 1.09. The fraction of sp³-hybridized carbons (Fsp3) is 0.0476. The molecule has 2 heterocycles. The number of nitrogen functional groups attached to an aromatic ring is 1. The van der Waals surface area contributed by atoms with Crippen LogP contribution < -0.4 is 5.73 Å². The SMILES string of the molecule is N#Cc1c(N)nc(SCc2nc3ccccc3[nH]2)c(C#N)c1-c1ccc(Cl)cc1. The molecule has 0 fully saturated rings. The van der Waals surface area contributed by atoms with Gasteiger partial charge in [0, 0.05) is 10.6 Å². The molecule has 4 aromatic rings. The van der Waals surface area contributed by atoms with Crippen LogP contribution in [0.1, 0.15) is 17.0 Å².